The van der Waals surface area contributed by atoms with Crippen molar-refractivity contribution in [1.29, 1.82) is 0 Å². The van der Waals surface area contributed by atoms with Gasteiger partial charge in [-0.25, -0.2) is 4.39 Å². The Bertz CT molecular complexity index is 363. The molecule has 5 heteroatoms. The molecule has 1 fully saturated rings. The van der Waals surface area contributed by atoms with Crippen molar-refractivity contribution in [3.63, 3.8) is 0 Å². The van der Waals surface area contributed by atoms with Crippen molar-refractivity contribution >= 4 is 0 Å². The van der Waals surface area contributed by atoms with E-state index in [4.69, 9.17) is 0 Å². The second kappa shape index (κ2) is 3.73. The van der Waals surface area contributed by atoms with Gasteiger partial charge in [-0.15, -0.1) is 0 Å². The maximum absolute atomic E-state index is 13.1. The van der Waals surface area contributed by atoms with E-state index in [2.05, 4.69) is 5.32 Å². The maximum atomic E-state index is 13.1. The molecular formula is C11H11F4N. The lowest BCUT2D eigenvalue weighted by Crippen LogP contribution is -2.44. The van der Waals surface area contributed by atoms with Crippen LogP contribution in [0.2, 0.25) is 0 Å². The summed E-state index contributed by atoms with van der Waals surface area (Å²) in [5, 5.41) is 2.72. The van der Waals surface area contributed by atoms with Crippen molar-refractivity contribution in [3.8, 4) is 0 Å². The fourth-order valence-corrected chi connectivity index (χ4v) is 2.11. The fourth-order valence-electron chi connectivity index (χ4n) is 2.11. The maximum Gasteiger partial charge on any atom is 0.399 e. The number of alkyl halides is 3. The van der Waals surface area contributed by atoms with E-state index < -0.39 is 17.4 Å². The van der Waals surface area contributed by atoms with E-state index in [1.165, 1.54) is 12.1 Å². The summed E-state index contributed by atoms with van der Waals surface area (Å²) in [4.78, 5) is 0. The molecule has 1 N–H and O–H groups in total. The molecule has 0 aromatic heterocycles. The SMILES string of the molecule is Fc1ccc(C2(C(F)(F)F)CCNC2)cc1. The zero-order valence-electron chi connectivity index (χ0n) is 8.44. The van der Waals surface area contributed by atoms with Gasteiger partial charge in [0.1, 0.15) is 11.2 Å². The fraction of sp³-hybridized carbons (Fsp3) is 0.455. The van der Waals surface area contributed by atoms with E-state index in [-0.39, 0.29) is 18.5 Å². The number of hydrogen-bond acceptors (Lipinski definition) is 1. The van der Waals surface area contributed by atoms with Crippen molar-refractivity contribution in [2.45, 2.75) is 18.0 Å². The van der Waals surface area contributed by atoms with Gasteiger partial charge >= 0.3 is 6.18 Å². The number of benzene rings is 1. The first-order valence-corrected chi connectivity index (χ1v) is 4.99. The summed E-state index contributed by atoms with van der Waals surface area (Å²) in [6, 6.07) is 4.58. The van der Waals surface area contributed by atoms with Crippen molar-refractivity contribution in [2.24, 2.45) is 0 Å². The van der Waals surface area contributed by atoms with Crippen molar-refractivity contribution in [1.82, 2.24) is 5.32 Å². The Morgan fingerprint density at radius 1 is 1.12 bits per heavy atom. The molecule has 1 aromatic rings. The molecule has 0 amide bonds. The first-order chi connectivity index (χ1) is 7.46. The highest BCUT2D eigenvalue weighted by molar-refractivity contribution is 5.30. The molecule has 1 unspecified atom stereocenters. The number of nitrogens with one attached hydrogen (secondary N) is 1. The Hall–Kier alpha value is -1.10. The zero-order chi connectivity index (χ0) is 11.8. The molecule has 1 aliphatic rings. The Balaban J connectivity index is 2.44. The van der Waals surface area contributed by atoms with Crippen LogP contribution in [0.4, 0.5) is 17.6 Å². The van der Waals surface area contributed by atoms with Gasteiger partial charge in [-0.3, -0.25) is 0 Å². The smallest absolute Gasteiger partial charge is 0.315 e. The summed E-state index contributed by atoms with van der Waals surface area (Å²) in [5.74, 6) is -0.521. The lowest BCUT2D eigenvalue weighted by molar-refractivity contribution is -0.185. The zero-order valence-corrected chi connectivity index (χ0v) is 8.44. The van der Waals surface area contributed by atoms with Crippen LogP contribution in [0.5, 0.6) is 0 Å². The summed E-state index contributed by atoms with van der Waals surface area (Å²) in [7, 11) is 0. The molecule has 1 atom stereocenters. The van der Waals surface area contributed by atoms with E-state index in [0.717, 1.165) is 12.1 Å². The second-order valence-electron chi connectivity index (χ2n) is 4.01. The molecule has 0 spiro atoms. The summed E-state index contributed by atoms with van der Waals surface area (Å²) >= 11 is 0. The highest BCUT2D eigenvalue weighted by atomic mass is 19.4. The minimum Gasteiger partial charge on any atom is -0.315 e. The van der Waals surface area contributed by atoms with Gasteiger partial charge in [0, 0.05) is 6.54 Å². The first-order valence-electron chi connectivity index (χ1n) is 4.99. The molecule has 1 heterocycles. The molecule has 0 saturated carbocycles. The minimum atomic E-state index is -4.31. The predicted octanol–water partition coefficient (Wildman–Crippen LogP) is 2.62. The molecule has 1 saturated heterocycles. The Morgan fingerprint density at radius 3 is 2.19 bits per heavy atom. The summed E-state index contributed by atoms with van der Waals surface area (Å²) < 4.78 is 51.9. The van der Waals surface area contributed by atoms with Crippen LogP contribution in [0.3, 0.4) is 0 Å². The average molecular weight is 233 g/mol. The summed E-state index contributed by atoms with van der Waals surface area (Å²) in [6.07, 6.45) is -4.31. The Morgan fingerprint density at radius 2 is 1.75 bits per heavy atom. The van der Waals surface area contributed by atoms with E-state index >= 15 is 0 Å². The van der Waals surface area contributed by atoms with Crippen LogP contribution in [0.15, 0.2) is 24.3 Å². The largest absolute Gasteiger partial charge is 0.399 e. The molecular weight excluding hydrogens is 222 g/mol. The third-order valence-electron chi connectivity index (χ3n) is 3.09. The summed E-state index contributed by atoms with van der Waals surface area (Å²) in [5.41, 5.74) is -1.73. The van der Waals surface area contributed by atoms with Crippen LogP contribution in [-0.2, 0) is 5.41 Å². The van der Waals surface area contributed by atoms with Crippen molar-refractivity contribution in [3.05, 3.63) is 35.6 Å². The van der Waals surface area contributed by atoms with E-state index in [9.17, 15) is 17.6 Å². The third kappa shape index (κ3) is 1.69. The van der Waals surface area contributed by atoms with Crippen LogP contribution in [0.1, 0.15) is 12.0 Å². The second-order valence-corrected chi connectivity index (χ2v) is 4.01. The lowest BCUT2D eigenvalue weighted by Gasteiger charge is -2.31. The van der Waals surface area contributed by atoms with Gasteiger partial charge < -0.3 is 5.32 Å². The standard InChI is InChI=1S/C11H11F4N/c12-9-3-1-8(2-4-9)10(11(13,14)15)5-6-16-7-10/h1-4,16H,5-7H2. The molecule has 1 aromatic carbocycles. The first kappa shape index (κ1) is 11.4. The monoisotopic (exact) mass is 233 g/mol. The van der Waals surface area contributed by atoms with Gasteiger partial charge in [-0.05, 0) is 30.7 Å². The van der Waals surface area contributed by atoms with Gasteiger partial charge in [0.05, 0.1) is 0 Å². The van der Waals surface area contributed by atoms with Gasteiger partial charge in [0.25, 0.3) is 0 Å². The highest BCUT2D eigenvalue weighted by Gasteiger charge is 2.57. The molecule has 0 bridgehead atoms. The number of rotatable bonds is 1. The molecule has 0 radical (unpaired) electrons. The van der Waals surface area contributed by atoms with Crippen LogP contribution in [0, 0.1) is 5.82 Å². The minimum absolute atomic E-state index is 0.00212. The quantitative estimate of drug-likeness (QED) is 0.735. The normalized spacial score (nSPS) is 26.0. The van der Waals surface area contributed by atoms with Crippen LogP contribution >= 0.6 is 0 Å². The van der Waals surface area contributed by atoms with Gasteiger partial charge in [-0.1, -0.05) is 12.1 Å². The highest BCUT2D eigenvalue weighted by Crippen LogP contribution is 2.45. The lowest BCUT2D eigenvalue weighted by atomic mass is 9.79. The molecule has 1 nitrogen and oxygen atoms in total. The van der Waals surface area contributed by atoms with E-state index in [1.54, 1.807) is 0 Å². The van der Waals surface area contributed by atoms with Crippen LogP contribution in [-0.4, -0.2) is 19.3 Å². The van der Waals surface area contributed by atoms with E-state index in [0.29, 0.717) is 6.54 Å². The van der Waals surface area contributed by atoms with Crippen LogP contribution < -0.4 is 5.32 Å². The van der Waals surface area contributed by atoms with Crippen molar-refractivity contribution < 1.29 is 17.6 Å². The van der Waals surface area contributed by atoms with E-state index in [1.807, 2.05) is 0 Å². The average Bonchev–Trinajstić information content (AvgIpc) is 2.68. The number of halogens is 4. The predicted molar refractivity (Wildman–Crippen MR) is 51.6 cm³/mol. The van der Waals surface area contributed by atoms with Gasteiger partial charge in [0.2, 0.25) is 0 Å². The summed E-state index contributed by atoms with van der Waals surface area (Å²) in [6.45, 7) is 0.193. The molecule has 2 rings (SSSR count). The molecule has 88 valence electrons. The van der Waals surface area contributed by atoms with Crippen LogP contribution in [0.25, 0.3) is 0 Å². The van der Waals surface area contributed by atoms with Crippen molar-refractivity contribution in [2.75, 3.05) is 13.1 Å². The molecule has 16 heavy (non-hydrogen) atoms. The third-order valence-corrected chi connectivity index (χ3v) is 3.09. The molecule has 1 aliphatic heterocycles. The van der Waals surface area contributed by atoms with Gasteiger partial charge in [-0.2, -0.15) is 13.2 Å². The Labute approximate surface area is 90.5 Å². The van der Waals surface area contributed by atoms with Gasteiger partial charge in [0.15, 0.2) is 0 Å². The number of hydrogen-bond donors (Lipinski definition) is 1. The Kier molecular flexibility index (Phi) is 2.66. The molecule has 0 aliphatic carbocycles. The topological polar surface area (TPSA) is 12.0 Å².